The van der Waals surface area contributed by atoms with Gasteiger partial charge in [0.05, 0.1) is 38.3 Å². The number of ether oxygens (including phenoxy) is 3. The van der Waals surface area contributed by atoms with Gasteiger partial charge in [-0.3, -0.25) is 28.8 Å². The Bertz CT molecular complexity index is 1890. The molecule has 4 bridgehead atoms. The average Bonchev–Trinajstić information content (AvgIpc) is 3.66. The first-order valence-corrected chi connectivity index (χ1v) is 21.1. The van der Waals surface area contributed by atoms with Crippen molar-refractivity contribution in [2.24, 2.45) is 5.92 Å². The van der Waals surface area contributed by atoms with Crippen LogP contribution in [0.5, 0.6) is 5.75 Å². The van der Waals surface area contributed by atoms with Gasteiger partial charge in [-0.25, -0.2) is 4.79 Å². The predicted molar refractivity (Wildman–Crippen MR) is 221 cm³/mol. The van der Waals surface area contributed by atoms with E-state index in [9.17, 15) is 33.6 Å². The fourth-order valence-electron chi connectivity index (χ4n) is 7.60. The topological polar surface area (TPSA) is 199 Å². The van der Waals surface area contributed by atoms with E-state index in [2.05, 4.69) is 21.3 Å². The van der Waals surface area contributed by atoms with Gasteiger partial charge in [-0.05, 0) is 88.1 Å². The van der Waals surface area contributed by atoms with Crippen molar-refractivity contribution in [1.29, 1.82) is 0 Å². The Labute approximate surface area is 351 Å². The Morgan fingerprint density at radius 1 is 0.917 bits per heavy atom. The molecular formula is C45H59N5O10. The zero-order valence-electron chi connectivity index (χ0n) is 35.1. The number of Topliss-reactive ketones (excluding diaryl/α,β-unsaturated/α-hetero) is 1. The number of nitrogens with one attached hydrogen (secondary N) is 4. The van der Waals surface area contributed by atoms with E-state index in [1.807, 2.05) is 24.3 Å². The van der Waals surface area contributed by atoms with E-state index in [4.69, 9.17) is 14.2 Å². The molecule has 1 unspecified atom stereocenters. The molecule has 4 atom stereocenters. The summed E-state index contributed by atoms with van der Waals surface area (Å²) < 4.78 is 17.5. The number of esters is 1. The minimum Gasteiger partial charge on any atom is -0.494 e. The molecule has 0 radical (unpaired) electrons. The van der Waals surface area contributed by atoms with Crippen molar-refractivity contribution in [3.63, 3.8) is 0 Å². The fraction of sp³-hybridized carbons (Fsp3) is 0.533. The largest absolute Gasteiger partial charge is 0.494 e. The minimum absolute atomic E-state index is 0.0210. The van der Waals surface area contributed by atoms with E-state index >= 15 is 0 Å². The molecule has 3 aliphatic rings. The third-order valence-corrected chi connectivity index (χ3v) is 10.5. The molecule has 60 heavy (non-hydrogen) atoms. The summed E-state index contributed by atoms with van der Waals surface area (Å²) in [6.07, 6.45) is 7.05. The van der Waals surface area contributed by atoms with Gasteiger partial charge in [0.25, 0.3) is 11.8 Å². The molecule has 2 heterocycles. The minimum atomic E-state index is -1.29. The number of carbonyl (C=O) groups is 7. The fourth-order valence-corrected chi connectivity index (χ4v) is 7.60. The summed E-state index contributed by atoms with van der Waals surface area (Å²) >= 11 is 0. The molecule has 1 fully saturated rings. The summed E-state index contributed by atoms with van der Waals surface area (Å²) in [6.45, 7) is 7.03. The molecule has 5 amide bonds. The van der Waals surface area contributed by atoms with Gasteiger partial charge in [0.2, 0.25) is 23.5 Å². The van der Waals surface area contributed by atoms with Crippen LogP contribution in [0.3, 0.4) is 0 Å². The molecule has 2 aromatic carbocycles. The first-order valence-electron chi connectivity index (χ1n) is 21.1. The molecule has 324 valence electrons. The summed E-state index contributed by atoms with van der Waals surface area (Å²) in [7, 11) is 0. The third kappa shape index (κ3) is 13.2. The van der Waals surface area contributed by atoms with Gasteiger partial charge in [-0.2, -0.15) is 0 Å². The Hall–Kier alpha value is -5.57. The van der Waals surface area contributed by atoms with Crippen molar-refractivity contribution >= 4 is 41.3 Å². The molecule has 2 aromatic rings. The summed E-state index contributed by atoms with van der Waals surface area (Å²) in [5.74, 6) is -4.60. The molecule has 1 saturated carbocycles. The van der Waals surface area contributed by atoms with E-state index < -0.39 is 71.8 Å². The Morgan fingerprint density at radius 2 is 1.65 bits per heavy atom. The quantitative estimate of drug-likeness (QED) is 0.181. The molecule has 2 aliphatic heterocycles. The van der Waals surface area contributed by atoms with Crippen molar-refractivity contribution in [2.75, 3.05) is 26.3 Å². The van der Waals surface area contributed by atoms with Gasteiger partial charge in [0.15, 0.2) is 6.04 Å². The van der Waals surface area contributed by atoms with Crippen LogP contribution >= 0.6 is 0 Å². The first kappa shape index (κ1) is 45.5. The zero-order chi connectivity index (χ0) is 43.2. The summed E-state index contributed by atoms with van der Waals surface area (Å²) in [6, 6.07) is 12.4. The molecule has 0 saturated heterocycles. The van der Waals surface area contributed by atoms with Crippen LogP contribution in [0.2, 0.25) is 0 Å². The van der Waals surface area contributed by atoms with Crippen molar-refractivity contribution in [3.8, 4) is 5.75 Å². The van der Waals surface area contributed by atoms with Crippen LogP contribution in [0.4, 0.5) is 0 Å². The molecule has 15 nitrogen and oxygen atoms in total. The Balaban J connectivity index is 1.29. The first-order chi connectivity index (χ1) is 28.7. The molecule has 15 heteroatoms. The highest BCUT2D eigenvalue weighted by molar-refractivity contribution is 6.38. The van der Waals surface area contributed by atoms with E-state index in [-0.39, 0.29) is 36.9 Å². The highest BCUT2D eigenvalue weighted by atomic mass is 16.6. The van der Waals surface area contributed by atoms with E-state index in [1.165, 1.54) is 4.90 Å². The highest BCUT2D eigenvalue weighted by Gasteiger charge is 2.41. The summed E-state index contributed by atoms with van der Waals surface area (Å²) in [4.78, 5) is 96.4. The van der Waals surface area contributed by atoms with Crippen LogP contribution in [0.1, 0.15) is 103 Å². The van der Waals surface area contributed by atoms with Crippen molar-refractivity contribution in [3.05, 3.63) is 77.5 Å². The van der Waals surface area contributed by atoms with Crippen LogP contribution in [-0.4, -0.2) is 96.3 Å². The second-order valence-corrected chi connectivity index (χ2v) is 16.5. The van der Waals surface area contributed by atoms with Gasteiger partial charge < -0.3 is 40.4 Å². The summed E-state index contributed by atoms with van der Waals surface area (Å²) in [5, 5.41) is 10.6. The average molecular weight is 830 g/mol. The lowest BCUT2D eigenvalue weighted by Crippen LogP contribution is -2.55. The number of fused-ring (bicyclic) bond motifs is 4. The van der Waals surface area contributed by atoms with Crippen LogP contribution in [-0.2, 0) is 49.5 Å². The maximum Gasteiger partial charge on any atom is 0.333 e. The maximum absolute atomic E-state index is 14.6. The van der Waals surface area contributed by atoms with Gasteiger partial charge in [0, 0.05) is 6.61 Å². The van der Waals surface area contributed by atoms with Gasteiger partial charge in [-0.15, -0.1) is 0 Å². The van der Waals surface area contributed by atoms with Crippen LogP contribution < -0.4 is 26.0 Å². The van der Waals surface area contributed by atoms with Crippen LogP contribution in [0, 0.1) is 5.92 Å². The summed E-state index contributed by atoms with van der Waals surface area (Å²) in [5.41, 5.74) is 0.331. The second kappa shape index (κ2) is 21.6. The Morgan fingerprint density at radius 3 is 2.37 bits per heavy atom. The number of amides is 5. The third-order valence-electron chi connectivity index (χ3n) is 10.5. The van der Waals surface area contributed by atoms with Gasteiger partial charge in [0.1, 0.15) is 23.1 Å². The maximum atomic E-state index is 14.6. The number of ketones is 1. The second-order valence-electron chi connectivity index (χ2n) is 16.5. The lowest BCUT2D eigenvalue weighted by atomic mass is 9.83. The molecule has 0 spiro atoms. The SMILES string of the molecule is CCCC(NC(=O)C1=C[C@@H]2CN1C(=O)[C@H](C1CCCCC1)NC(=O)Cc1cccc(c1)OCCCCO2)C(=O)C(=O)NCC(=O)N[C@H](C(=O)OC(C)(C)C)c1ccccc1. The molecular weight excluding hydrogens is 771 g/mol. The number of carbonyl (C=O) groups excluding carboxylic acids is 7. The number of hydrogen-bond acceptors (Lipinski definition) is 10. The standard InChI is InChI=1S/C45H59N5O10/c1-5-15-34(40(53)42(55)46-27-37(52)49-39(31-19-10-7-11-20-31)44(57)60-45(2,3)4)47-41(54)35-26-33-28-50(35)43(56)38(30-17-8-6-9-18-30)48-36(51)25-29-16-14-21-32(24-29)58-22-12-13-23-59-33/h7,10-11,14,16,19-21,24,26,30,33-34,38-39H,5-6,8-9,12-13,15,17-18,22-23,25,27-28H2,1-4H3,(H,46,55)(H,47,54)(H,48,51)(H,49,52)/t33-,34?,38+,39+/m1/s1. The van der Waals surface area contributed by atoms with Crippen molar-refractivity contribution < 1.29 is 47.8 Å². The van der Waals surface area contributed by atoms with Crippen LogP contribution in [0.25, 0.3) is 0 Å². The van der Waals surface area contributed by atoms with E-state index in [1.54, 1.807) is 64.1 Å². The van der Waals surface area contributed by atoms with E-state index in [0.717, 1.165) is 37.7 Å². The monoisotopic (exact) mass is 829 g/mol. The smallest absolute Gasteiger partial charge is 0.333 e. The molecule has 4 N–H and O–H groups in total. The number of rotatable bonds is 12. The van der Waals surface area contributed by atoms with Crippen molar-refractivity contribution in [2.45, 2.75) is 122 Å². The zero-order valence-corrected chi connectivity index (χ0v) is 35.1. The number of hydrogen-bond donors (Lipinski definition) is 4. The number of benzene rings is 2. The van der Waals surface area contributed by atoms with Crippen LogP contribution in [0.15, 0.2) is 66.4 Å². The normalized spacial score (nSPS) is 20.3. The lowest BCUT2D eigenvalue weighted by Gasteiger charge is -2.33. The number of nitrogens with zero attached hydrogens (tertiary/aromatic N) is 1. The predicted octanol–water partition coefficient (Wildman–Crippen LogP) is 3.75. The highest BCUT2D eigenvalue weighted by Crippen LogP contribution is 2.30. The molecule has 5 rings (SSSR count). The van der Waals surface area contributed by atoms with E-state index in [0.29, 0.717) is 43.8 Å². The van der Waals surface area contributed by atoms with Crippen molar-refractivity contribution in [1.82, 2.24) is 26.2 Å². The lowest BCUT2D eigenvalue weighted by molar-refractivity contribution is -0.158. The Kier molecular flexibility index (Phi) is 16.4. The van der Waals surface area contributed by atoms with Gasteiger partial charge >= 0.3 is 5.97 Å². The van der Waals surface area contributed by atoms with Gasteiger partial charge in [-0.1, -0.05) is 75.1 Å². The molecule has 0 aromatic heterocycles. The molecule has 1 aliphatic carbocycles.